The molecule has 1 amide bonds. The largest absolute Gasteiger partial charge is 0.497 e. The second-order valence-electron chi connectivity index (χ2n) is 5.85. The number of benzene rings is 2. The molecule has 0 saturated heterocycles. The number of rotatable bonds is 4. The number of thiazole rings is 1. The number of aryl methyl sites for hydroxylation is 1. The van der Waals surface area contributed by atoms with E-state index >= 15 is 0 Å². The van der Waals surface area contributed by atoms with Crippen LogP contribution in [0, 0.1) is 0 Å². The summed E-state index contributed by atoms with van der Waals surface area (Å²) < 4.78 is 6.97. The second kappa shape index (κ2) is 7.02. The average molecular weight is 399 g/mol. The number of imidazole rings is 1. The van der Waals surface area contributed by atoms with Crippen LogP contribution < -0.4 is 10.1 Å². The predicted molar refractivity (Wildman–Crippen MR) is 108 cm³/mol. The van der Waals surface area contributed by atoms with Gasteiger partial charge in [-0.2, -0.15) is 0 Å². The summed E-state index contributed by atoms with van der Waals surface area (Å²) in [6.07, 6.45) is 0. The van der Waals surface area contributed by atoms with Crippen molar-refractivity contribution in [3.8, 4) is 16.3 Å². The molecule has 0 fully saturated rings. The van der Waals surface area contributed by atoms with Crippen molar-refractivity contribution < 1.29 is 9.53 Å². The lowest BCUT2D eigenvalue weighted by Crippen LogP contribution is -2.15. The smallest absolute Gasteiger partial charge is 0.277 e. The van der Waals surface area contributed by atoms with Crippen molar-refractivity contribution in [3.05, 3.63) is 58.6 Å². The molecule has 0 unspecified atom stereocenters. The summed E-state index contributed by atoms with van der Waals surface area (Å²) in [5.41, 5.74) is 2.87. The lowest BCUT2D eigenvalue weighted by molar-refractivity contribution is 0.102. The lowest BCUT2D eigenvalue weighted by Gasteiger charge is -2.03. The number of ether oxygens (including phenoxy) is 1. The minimum Gasteiger partial charge on any atom is -0.497 e. The van der Waals surface area contributed by atoms with Gasteiger partial charge in [-0.25, -0.2) is 9.97 Å². The molecule has 0 aliphatic heterocycles. The maximum atomic E-state index is 12.6. The van der Waals surface area contributed by atoms with Gasteiger partial charge in [0.2, 0.25) is 5.95 Å². The molecule has 2 aromatic heterocycles. The highest BCUT2D eigenvalue weighted by Crippen LogP contribution is 2.26. The van der Waals surface area contributed by atoms with Gasteiger partial charge in [0.15, 0.2) is 0 Å². The molecule has 6 nitrogen and oxygen atoms in total. The van der Waals surface area contributed by atoms with Crippen LogP contribution in [0.25, 0.3) is 21.6 Å². The van der Waals surface area contributed by atoms with Crippen molar-refractivity contribution >= 4 is 45.8 Å². The van der Waals surface area contributed by atoms with Crippen molar-refractivity contribution in [1.82, 2.24) is 14.5 Å². The van der Waals surface area contributed by atoms with E-state index in [9.17, 15) is 4.79 Å². The number of aromatic nitrogens is 3. The molecule has 27 heavy (non-hydrogen) atoms. The van der Waals surface area contributed by atoms with Crippen LogP contribution in [0.4, 0.5) is 5.95 Å². The first-order chi connectivity index (χ1) is 13.0. The zero-order valence-corrected chi connectivity index (χ0v) is 16.1. The predicted octanol–water partition coefficient (Wildman–Crippen LogP) is 4.61. The number of hydrogen-bond acceptors (Lipinski definition) is 5. The highest BCUT2D eigenvalue weighted by Gasteiger charge is 2.16. The van der Waals surface area contributed by atoms with Crippen LogP contribution in [-0.4, -0.2) is 27.6 Å². The van der Waals surface area contributed by atoms with Gasteiger partial charge in [-0.1, -0.05) is 11.6 Å². The van der Waals surface area contributed by atoms with Crippen LogP contribution in [-0.2, 0) is 7.05 Å². The fraction of sp³-hybridized carbons (Fsp3) is 0.105. The molecule has 4 rings (SSSR count). The van der Waals surface area contributed by atoms with E-state index < -0.39 is 0 Å². The van der Waals surface area contributed by atoms with E-state index in [1.54, 1.807) is 29.2 Å². The van der Waals surface area contributed by atoms with Gasteiger partial charge in [0.1, 0.15) is 16.5 Å². The molecule has 0 aliphatic rings. The first kappa shape index (κ1) is 17.5. The number of fused-ring (bicyclic) bond motifs is 1. The molecule has 136 valence electrons. The summed E-state index contributed by atoms with van der Waals surface area (Å²) in [5, 5.41) is 5.91. The molecule has 8 heteroatoms. The highest BCUT2D eigenvalue weighted by molar-refractivity contribution is 7.13. The van der Waals surface area contributed by atoms with Crippen molar-refractivity contribution in [1.29, 1.82) is 0 Å². The third kappa shape index (κ3) is 3.39. The third-order valence-corrected chi connectivity index (χ3v) is 5.27. The number of hydrogen-bond donors (Lipinski definition) is 1. The molecule has 0 spiro atoms. The van der Waals surface area contributed by atoms with Crippen molar-refractivity contribution in [2.45, 2.75) is 0 Å². The topological polar surface area (TPSA) is 69.0 Å². The summed E-state index contributed by atoms with van der Waals surface area (Å²) in [6.45, 7) is 0. The molecule has 2 heterocycles. The van der Waals surface area contributed by atoms with E-state index in [1.807, 2.05) is 37.4 Å². The Morgan fingerprint density at radius 2 is 1.96 bits per heavy atom. The highest BCUT2D eigenvalue weighted by atomic mass is 35.5. The molecule has 2 aromatic carbocycles. The summed E-state index contributed by atoms with van der Waals surface area (Å²) in [5.74, 6) is 0.905. The molecule has 0 bridgehead atoms. The van der Waals surface area contributed by atoms with Crippen LogP contribution in [0.15, 0.2) is 47.8 Å². The van der Waals surface area contributed by atoms with Gasteiger partial charge >= 0.3 is 0 Å². The lowest BCUT2D eigenvalue weighted by atomic mass is 10.2. The number of amides is 1. The monoisotopic (exact) mass is 398 g/mol. The SMILES string of the molecule is COc1ccc(-c2nc(C(=O)Nc3nc4cc(Cl)ccc4n3C)cs2)cc1. The fourth-order valence-electron chi connectivity index (χ4n) is 2.69. The minimum atomic E-state index is -0.310. The van der Waals surface area contributed by atoms with E-state index in [2.05, 4.69) is 15.3 Å². The van der Waals surface area contributed by atoms with Crippen molar-refractivity contribution in [3.63, 3.8) is 0 Å². The van der Waals surface area contributed by atoms with E-state index in [-0.39, 0.29) is 5.91 Å². The number of carbonyl (C=O) groups is 1. The number of nitrogens with zero attached hydrogens (tertiary/aromatic N) is 3. The standard InChI is InChI=1S/C19H15ClN4O2S/c1-24-16-8-5-12(20)9-14(16)22-19(24)23-17(25)15-10-27-18(21-15)11-3-6-13(26-2)7-4-11/h3-10H,1-2H3,(H,22,23,25). The van der Waals surface area contributed by atoms with E-state index in [0.717, 1.165) is 27.4 Å². The van der Waals surface area contributed by atoms with Crippen LogP contribution in [0.3, 0.4) is 0 Å². The Labute approximate surface area is 164 Å². The van der Waals surface area contributed by atoms with Gasteiger partial charge in [0.05, 0.1) is 18.1 Å². The first-order valence-electron chi connectivity index (χ1n) is 8.08. The first-order valence-corrected chi connectivity index (χ1v) is 9.34. The normalized spacial score (nSPS) is 10.9. The van der Waals surface area contributed by atoms with Gasteiger partial charge in [0.25, 0.3) is 5.91 Å². The number of halogens is 1. The summed E-state index contributed by atoms with van der Waals surface area (Å²) in [7, 11) is 3.46. The van der Waals surface area contributed by atoms with Gasteiger partial charge in [-0.3, -0.25) is 10.1 Å². The molecule has 0 radical (unpaired) electrons. The van der Waals surface area contributed by atoms with Gasteiger partial charge in [-0.15, -0.1) is 11.3 Å². The van der Waals surface area contributed by atoms with Crippen LogP contribution in [0.5, 0.6) is 5.75 Å². The molecule has 0 atom stereocenters. The minimum absolute atomic E-state index is 0.310. The third-order valence-electron chi connectivity index (χ3n) is 4.14. The molecule has 0 aliphatic carbocycles. The average Bonchev–Trinajstić information content (AvgIpc) is 3.27. The summed E-state index contributed by atoms with van der Waals surface area (Å²) in [6, 6.07) is 13.0. The molecule has 0 saturated carbocycles. The zero-order chi connectivity index (χ0) is 19.0. The Morgan fingerprint density at radius 1 is 1.19 bits per heavy atom. The summed E-state index contributed by atoms with van der Waals surface area (Å²) >= 11 is 7.42. The Bertz CT molecular complexity index is 1130. The second-order valence-corrected chi connectivity index (χ2v) is 7.14. The molecular formula is C19H15ClN4O2S. The Balaban J connectivity index is 1.57. The van der Waals surface area contributed by atoms with Crippen molar-refractivity contribution in [2.24, 2.45) is 7.05 Å². The Hall–Kier alpha value is -2.90. The van der Waals surface area contributed by atoms with E-state index in [0.29, 0.717) is 16.7 Å². The van der Waals surface area contributed by atoms with Gasteiger partial charge in [-0.05, 0) is 42.5 Å². The molecule has 1 N–H and O–H groups in total. The van der Waals surface area contributed by atoms with E-state index in [4.69, 9.17) is 16.3 Å². The number of nitrogens with one attached hydrogen (secondary N) is 1. The van der Waals surface area contributed by atoms with Crippen LogP contribution >= 0.6 is 22.9 Å². The van der Waals surface area contributed by atoms with E-state index in [1.165, 1.54) is 11.3 Å². The van der Waals surface area contributed by atoms with Crippen LogP contribution in [0.1, 0.15) is 10.5 Å². The van der Waals surface area contributed by atoms with Crippen molar-refractivity contribution in [2.75, 3.05) is 12.4 Å². The quantitative estimate of drug-likeness (QED) is 0.545. The summed E-state index contributed by atoms with van der Waals surface area (Å²) in [4.78, 5) is 21.5. The van der Waals surface area contributed by atoms with Gasteiger partial charge in [0, 0.05) is 23.0 Å². The van der Waals surface area contributed by atoms with Gasteiger partial charge < -0.3 is 9.30 Å². The fourth-order valence-corrected chi connectivity index (χ4v) is 3.67. The maximum absolute atomic E-state index is 12.6. The molecular weight excluding hydrogens is 384 g/mol. The number of carbonyl (C=O) groups excluding carboxylic acids is 1. The number of anilines is 1. The van der Waals surface area contributed by atoms with Crippen LogP contribution in [0.2, 0.25) is 5.02 Å². The Morgan fingerprint density at radius 3 is 2.70 bits per heavy atom. The number of methoxy groups -OCH3 is 1. The maximum Gasteiger partial charge on any atom is 0.277 e. The Kier molecular flexibility index (Phi) is 4.55. The zero-order valence-electron chi connectivity index (χ0n) is 14.6. The molecule has 4 aromatic rings.